The Balaban J connectivity index is 1.83. The summed E-state index contributed by atoms with van der Waals surface area (Å²) in [6, 6.07) is 6.67. The number of hydrogen-bond acceptors (Lipinski definition) is 6. The van der Waals surface area contributed by atoms with E-state index in [9.17, 15) is 32.7 Å². The minimum Gasteiger partial charge on any atom is -0.478 e. The fraction of sp³-hybridized carbons (Fsp3) is 0.375. The number of carbonyl (C=O) groups is 4. The van der Waals surface area contributed by atoms with Crippen LogP contribution in [-0.2, 0) is 35.4 Å². The number of piperazine rings is 1. The standard InChI is InChI=1S/C16H17N3O7S/c1-27(25,26)16(15(23)24)14(22)17-8-10-12(13(21)19(10)16)18-11(20)7-9-5-3-2-4-6-9/h2-6,10,12H,7-8H2,1H3,(H,17,22)(H,18,20)(H,23,24)/t10-,12+,16-/m0/s1. The van der Waals surface area contributed by atoms with E-state index in [1.54, 1.807) is 30.3 Å². The SMILES string of the molecule is CS(=O)(=O)[C@]1(C(=O)O)C(=O)NC[C@H]2[C@@H](NC(=O)Cc3ccccc3)C(=O)N21. The maximum absolute atomic E-state index is 12.5. The molecule has 10 nitrogen and oxygen atoms in total. The number of nitrogens with zero attached hydrogens (tertiary/aromatic N) is 1. The largest absolute Gasteiger partial charge is 0.478 e. The van der Waals surface area contributed by atoms with Gasteiger partial charge in [0.25, 0.3) is 5.91 Å². The van der Waals surface area contributed by atoms with Gasteiger partial charge in [0.05, 0.1) is 12.5 Å². The molecule has 27 heavy (non-hydrogen) atoms. The molecule has 0 radical (unpaired) electrons. The van der Waals surface area contributed by atoms with Crippen LogP contribution in [-0.4, -0.2) is 71.9 Å². The molecule has 2 heterocycles. The summed E-state index contributed by atoms with van der Waals surface area (Å²) < 4.78 is 24.3. The van der Waals surface area contributed by atoms with Crippen molar-refractivity contribution in [1.29, 1.82) is 0 Å². The Morgan fingerprint density at radius 2 is 1.93 bits per heavy atom. The molecule has 3 N–H and O–H groups in total. The first-order valence-electron chi connectivity index (χ1n) is 7.98. The molecule has 1 aromatic rings. The van der Waals surface area contributed by atoms with Crippen molar-refractivity contribution in [2.24, 2.45) is 0 Å². The highest BCUT2D eigenvalue weighted by atomic mass is 32.2. The van der Waals surface area contributed by atoms with Crippen molar-refractivity contribution in [3.63, 3.8) is 0 Å². The molecule has 2 saturated heterocycles. The van der Waals surface area contributed by atoms with Gasteiger partial charge in [-0.2, -0.15) is 0 Å². The Morgan fingerprint density at radius 3 is 2.48 bits per heavy atom. The van der Waals surface area contributed by atoms with Gasteiger partial charge in [-0.05, 0) is 5.56 Å². The van der Waals surface area contributed by atoms with E-state index in [1.165, 1.54) is 0 Å². The Hall–Kier alpha value is -2.95. The molecule has 0 bridgehead atoms. The normalized spacial score (nSPS) is 27.2. The predicted octanol–water partition coefficient (Wildman–Crippen LogP) is -2.12. The van der Waals surface area contributed by atoms with E-state index in [2.05, 4.69) is 10.6 Å². The third-order valence-corrected chi connectivity index (χ3v) is 6.32. The number of hydrogen-bond donors (Lipinski definition) is 3. The predicted molar refractivity (Wildman–Crippen MR) is 90.9 cm³/mol. The van der Waals surface area contributed by atoms with Crippen molar-refractivity contribution in [2.45, 2.75) is 23.4 Å². The molecular formula is C16H17N3O7S. The van der Waals surface area contributed by atoms with E-state index in [0.717, 1.165) is 0 Å². The molecule has 3 atom stereocenters. The quantitative estimate of drug-likeness (QED) is 0.381. The van der Waals surface area contributed by atoms with Crippen LogP contribution in [0.25, 0.3) is 0 Å². The first-order chi connectivity index (χ1) is 12.6. The molecule has 3 rings (SSSR count). The van der Waals surface area contributed by atoms with Gasteiger partial charge in [-0.1, -0.05) is 30.3 Å². The van der Waals surface area contributed by atoms with Gasteiger partial charge in [0.15, 0.2) is 9.84 Å². The highest BCUT2D eigenvalue weighted by Crippen LogP contribution is 2.37. The van der Waals surface area contributed by atoms with E-state index in [4.69, 9.17) is 0 Å². The number of sulfone groups is 1. The Morgan fingerprint density at radius 1 is 1.30 bits per heavy atom. The summed E-state index contributed by atoms with van der Waals surface area (Å²) in [6.45, 7) is -0.161. The zero-order valence-corrected chi connectivity index (χ0v) is 15.0. The van der Waals surface area contributed by atoms with E-state index in [-0.39, 0.29) is 13.0 Å². The van der Waals surface area contributed by atoms with Gasteiger partial charge in [-0.15, -0.1) is 0 Å². The minimum atomic E-state index is -4.52. The maximum Gasteiger partial charge on any atom is 0.355 e. The van der Waals surface area contributed by atoms with Crippen molar-refractivity contribution < 1.29 is 32.7 Å². The van der Waals surface area contributed by atoms with Gasteiger partial charge >= 0.3 is 10.8 Å². The number of carboxylic acids is 1. The van der Waals surface area contributed by atoms with E-state index in [0.29, 0.717) is 16.7 Å². The summed E-state index contributed by atoms with van der Waals surface area (Å²) in [5.74, 6) is -4.66. The number of rotatable bonds is 5. The number of fused-ring (bicyclic) bond motifs is 1. The Labute approximate surface area is 154 Å². The molecule has 11 heteroatoms. The van der Waals surface area contributed by atoms with Gasteiger partial charge in [0, 0.05) is 12.8 Å². The molecule has 2 aliphatic rings. The molecule has 0 saturated carbocycles. The van der Waals surface area contributed by atoms with Crippen LogP contribution in [0.3, 0.4) is 0 Å². The number of carboxylic acid groups (broad SMARTS) is 1. The van der Waals surface area contributed by atoms with Crippen LogP contribution in [0.4, 0.5) is 0 Å². The summed E-state index contributed by atoms with van der Waals surface area (Å²) >= 11 is 0. The third-order valence-electron chi connectivity index (χ3n) is 4.69. The second kappa shape index (κ2) is 6.34. The van der Waals surface area contributed by atoms with Crippen LogP contribution in [0.2, 0.25) is 0 Å². The lowest BCUT2D eigenvalue weighted by molar-refractivity contribution is -0.177. The third kappa shape index (κ3) is 2.74. The van der Waals surface area contributed by atoms with Gasteiger partial charge in [-0.3, -0.25) is 19.3 Å². The van der Waals surface area contributed by atoms with Crippen molar-refractivity contribution >= 4 is 33.5 Å². The second-order valence-corrected chi connectivity index (χ2v) is 8.55. The monoisotopic (exact) mass is 395 g/mol. The lowest BCUT2D eigenvalue weighted by Gasteiger charge is -2.55. The van der Waals surface area contributed by atoms with Crippen molar-refractivity contribution in [3.05, 3.63) is 35.9 Å². The van der Waals surface area contributed by atoms with Crippen molar-refractivity contribution in [1.82, 2.24) is 15.5 Å². The number of aliphatic carboxylic acids is 1. The average Bonchev–Trinajstić information content (AvgIpc) is 2.59. The first-order valence-corrected chi connectivity index (χ1v) is 9.87. The number of nitrogens with one attached hydrogen (secondary N) is 2. The van der Waals surface area contributed by atoms with E-state index >= 15 is 0 Å². The highest BCUT2D eigenvalue weighted by Gasteiger charge is 2.71. The molecule has 0 aliphatic carbocycles. The molecule has 0 unspecified atom stereocenters. The van der Waals surface area contributed by atoms with Crippen LogP contribution < -0.4 is 10.6 Å². The molecular weight excluding hydrogens is 378 g/mol. The van der Waals surface area contributed by atoms with Gasteiger partial charge < -0.3 is 15.7 Å². The minimum absolute atomic E-state index is 0.000150. The highest BCUT2D eigenvalue weighted by molar-refractivity contribution is 7.93. The van der Waals surface area contributed by atoms with Gasteiger partial charge in [0.1, 0.15) is 6.04 Å². The summed E-state index contributed by atoms with van der Waals surface area (Å²) in [5, 5.41) is 14.2. The smallest absolute Gasteiger partial charge is 0.355 e. The summed E-state index contributed by atoms with van der Waals surface area (Å²) in [4.78, 5) is 46.1. The summed E-state index contributed by atoms with van der Waals surface area (Å²) in [6.07, 6.45) is 0.581. The molecule has 1 aromatic carbocycles. The fourth-order valence-corrected chi connectivity index (χ4v) is 4.75. The molecule has 144 valence electrons. The second-order valence-electron chi connectivity index (χ2n) is 6.41. The average molecular weight is 395 g/mol. The molecule has 0 aromatic heterocycles. The lowest BCUT2D eigenvalue weighted by atomic mass is 9.88. The number of carbonyl (C=O) groups excluding carboxylic acids is 3. The lowest BCUT2D eigenvalue weighted by Crippen LogP contribution is -2.87. The topological polar surface area (TPSA) is 150 Å². The number of benzene rings is 1. The zero-order chi connectivity index (χ0) is 20.0. The number of β-lactam (4-membered cyclic amide) rings is 1. The van der Waals surface area contributed by atoms with Crippen molar-refractivity contribution in [2.75, 3.05) is 12.8 Å². The van der Waals surface area contributed by atoms with Gasteiger partial charge in [0.2, 0.25) is 11.8 Å². The molecule has 3 amide bonds. The van der Waals surface area contributed by atoms with Crippen LogP contribution >= 0.6 is 0 Å². The van der Waals surface area contributed by atoms with E-state index < -0.39 is 50.5 Å². The van der Waals surface area contributed by atoms with Gasteiger partial charge in [-0.25, -0.2) is 13.2 Å². The zero-order valence-electron chi connectivity index (χ0n) is 14.2. The maximum atomic E-state index is 12.5. The van der Waals surface area contributed by atoms with E-state index in [1.807, 2.05) is 0 Å². The first kappa shape index (κ1) is 18.8. The van der Waals surface area contributed by atoms with Crippen LogP contribution in [0, 0.1) is 0 Å². The Bertz CT molecular complexity index is 931. The van der Waals surface area contributed by atoms with Crippen molar-refractivity contribution in [3.8, 4) is 0 Å². The molecule has 2 fully saturated rings. The summed E-state index contributed by atoms with van der Waals surface area (Å²) in [5.41, 5.74) is 0.714. The van der Waals surface area contributed by atoms with Crippen LogP contribution in [0.5, 0.6) is 0 Å². The van der Waals surface area contributed by atoms with Crippen LogP contribution in [0.15, 0.2) is 30.3 Å². The Kier molecular flexibility index (Phi) is 4.42. The molecule has 0 spiro atoms. The van der Waals surface area contributed by atoms with Crippen LogP contribution in [0.1, 0.15) is 5.56 Å². The molecule has 2 aliphatic heterocycles. The fourth-order valence-electron chi connectivity index (χ4n) is 3.44. The summed E-state index contributed by atoms with van der Waals surface area (Å²) in [7, 11) is -4.52. The number of amides is 3.